The van der Waals surface area contributed by atoms with E-state index < -0.39 is 5.60 Å². The number of fused-ring (bicyclic) bond motifs is 2. The SMILES string of the molecule is CN1CCC(N(C)C(=O)c2ccc(Nc3nc4c(N5C[C@@H]6C[C@@](O)(c7ccccc7)C[C@@H]6C5)cccn4n3)cc2)CC1. The van der Waals surface area contributed by atoms with Gasteiger partial charge in [0.05, 0.1) is 11.3 Å². The van der Waals surface area contributed by atoms with E-state index in [4.69, 9.17) is 4.98 Å². The molecule has 3 atom stereocenters. The van der Waals surface area contributed by atoms with Crippen molar-refractivity contribution in [1.82, 2.24) is 24.4 Å². The molecule has 2 aromatic carbocycles. The van der Waals surface area contributed by atoms with Crippen LogP contribution in [-0.4, -0.2) is 81.7 Å². The van der Waals surface area contributed by atoms with E-state index in [9.17, 15) is 9.90 Å². The second kappa shape index (κ2) is 10.7. The maximum absolute atomic E-state index is 13.1. The number of carbonyl (C=O) groups is 1. The maximum Gasteiger partial charge on any atom is 0.253 e. The molecule has 1 aliphatic carbocycles. The summed E-state index contributed by atoms with van der Waals surface area (Å²) in [4.78, 5) is 24.6. The van der Waals surface area contributed by atoms with E-state index in [0.717, 1.165) is 74.4 Å². The topological polar surface area (TPSA) is 89.2 Å². The molecule has 2 aromatic heterocycles. The van der Waals surface area contributed by atoms with Gasteiger partial charge in [-0.2, -0.15) is 4.98 Å². The summed E-state index contributed by atoms with van der Waals surface area (Å²) in [6.45, 7) is 3.85. The standard InChI is InChI=1S/C33H39N7O2/c1-37-17-14-28(15-18-37)38(2)31(41)23-10-12-27(13-11-23)34-32-35-30-29(9-6-16-40(30)36-32)39-21-24-19-33(42,20-25(24)22-39)26-7-4-3-5-8-26/h3-13,16,24-25,28,42H,14-15,17-22H2,1-2H3,(H,34,36)/t24-,25+,33-. The number of carbonyl (C=O) groups excluding carboxylic acids is 1. The van der Waals surface area contributed by atoms with Crippen LogP contribution in [0.15, 0.2) is 72.9 Å². The molecule has 0 spiro atoms. The molecule has 7 rings (SSSR count). The van der Waals surface area contributed by atoms with E-state index in [0.29, 0.717) is 23.3 Å². The number of likely N-dealkylation sites (tertiary alicyclic amines) is 1. The lowest BCUT2D eigenvalue weighted by Gasteiger charge is -2.35. The van der Waals surface area contributed by atoms with Gasteiger partial charge in [-0.15, -0.1) is 5.10 Å². The first-order valence-electron chi connectivity index (χ1n) is 15.1. The van der Waals surface area contributed by atoms with Crippen LogP contribution in [0, 0.1) is 11.8 Å². The van der Waals surface area contributed by atoms with Gasteiger partial charge in [-0.3, -0.25) is 4.79 Å². The highest BCUT2D eigenvalue weighted by atomic mass is 16.3. The first-order chi connectivity index (χ1) is 20.4. The maximum atomic E-state index is 13.1. The first-order valence-corrected chi connectivity index (χ1v) is 15.1. The first kappa shape index (κ1) is 26.9. The Morgan fingerprint density at radius 2 is 1.67 bits per heavy atom. The van der Waals surface area contributed by atoms with Gasteiger partial charge in [-0.25, -0.2) is 4.52 Å². The molecule has 9 heteroatoms. The molecule has 218 valence electrons. The highest BCUT2D eigenvalue weighted by Crippen LogP contribution is 2.49. The third kappa shape index (κ3) is 5.01. The number of nitrogens with zero attached hydrogens (tertiary/aromatic N) is 6. The summed E-state index contributed by atoms with van der Waals surface area (Å²) in [6, 6.07) is 22.1. The average molecular weight is 566 g/mol. The Morgan fingerprint density at radius 1 is 0.976 bits per heavy atom. The molecule has 2 aliphatic heterocycles. The quantitative estimate of drug-likeness (QED) is 0.359. The molecule has 2 N–H and O–H groups in total. The predicted molar refractivity (Wildman–Crippen MR) is 164 cm³/mol. The molecule has 1 amide bonds. The molecule has 1 saturated carbocycles. The van der Waals surface area contributed by atoms with Crippen molar-refractivity contribution in [3.8, 4) is 0 Å². The Hall–Kier alpha value is -3.95. The molecule has 9 nitrogen and oxygen atoms in total. The van der Waals surface area contributed by atoms with Gasteiger partial charge in [0.2, 0.25) is 5.95 Å². The molecule has 4 heterocycles. The number of amides is 1. The normalized spacial score (nSPS) is 24.7. The zero-order chi connectivity index (χ0) is 28.8. The number of pyridine rings is 1. The monoisotopic (exact) mass is 565 g/mol. The third-order valence-corrected chi connectivity index (χ3v) is 9.71. The largest absolute Gasteiger partial charge is 0.385 e. The van der Waals surface area contributed by atoms with Crippen molar-refractivity contribution in [2.45, 2.75) is 37.3 Å². The van der Waals surface area contributed by atoms with Crippen LogP contribution in [0.1, 0.15) is 41.6 Å². The van der Waals surface area contributed by atoms with E-state index in [-0.39, 0.29) is 11.9 Å². The van der Waals surface area contributed by atoms with Crippen molar-refractivity contribution in [3.63, 3.8) is 0 Å². The van der Waals surface area contributed by atoms with Crippen molar-refractivity contribution >= 4 is 28.9 Å². The molecule has 4 aromatic rings. The predicted octanol–water partition coefficient (Wildman–Crippen LogP) is 4.37. The van der Waals surface area contributed by atoms with Gasteiger partial charge in [-0.1, -0.05) is 30.3 Å². The minimum Gasteiger partial charge on any atom is -0.385 e. The van der Waals surface area contributed by atoms with Crippen molar-refractivity contribution in [2.75, 3.05) is 50.5 Å². The zero-order valence-electron chi connectivity index (χ0n) is 24.4. The summed E-state index contributed by atoms with van der Waals surface area (Å²) in [5.74, 6) is 1.46. The van der Waals surface area contributed by atoms with Crippen molar-refractivity contribution < 1.29 is 9.90 Å². The lowest BCUT2D eigenvalue weighted by atomic mass is 9.90. The van der Waals surface area contributed by atoms with Crippen LogP contribution in [0.25, 0.3) is 5.65 Å². The molecular weight excluding hydrogens is 526 g/mol. The van der Waals surface area contributed by atoms with E-state index in [2.05, 4.69) is 33.3 Å². The van der Waals surface area contributed by atoms with Crippen molar-refractivity contribution in [1.29, 1.82) is 0 Å². The van der Waals surface area contributed by atoms with Gasteiger partial charge in [0.1, 0.15) is 0 Å². The van der Waals surface area contributed by atoms with Crippen molar-refractivity contribution in [2.24, 2.45) is 11.8 Å². The number of hydrogen-bond acceptors (Lipinski definition) is 7. The van der Waals surface area contributed by atoms with E-state index in [1.165, 1.54) is 0 Å². The van der Waals surface area contributed by atoms with Gasteiger partial charge in [-0.05, 0) is 99.6 Å². The summed E-state index contributed by atoms with van der Waals surface area (Å²) >= 11 is 0. The third-order valence-electron chi connectivity index (χ3n) is 9.71. The van der Waals surface area contributed by atoms with Gasteiger partial charge in [0.25, 0.3) is 5.91 Å². The molecule has 0 radical (unpaired) electrons. The van der Waals surface area contributed by atoms with Gasteiger partial charge < -0.3 is 25.1 Å². The summed E-state index contributed by atoms with van der Waals surface area (Å²) in [5.41, 5.74) is 3.69. The number of hydrogen-bond donors (Lipinski definition) is 2. The van der Waals surface area contributed by atoms with Crippen LogP contribution >= 0.6 is 0 Å². The van der Waals surface area contributed by atoms with E-state index in [1.807, 2.05) is 83.3 Å². The number of piperidine rings is 1. The van der Waals surface area contributed by atoms with Gasteiger partial charge >= 0.3 is 0 Å². The second-order valence-corrected chi connectivity index (χ2v) is 12.5. The lowest BCUT2D eigenvalue weighted by Crippen LogP contribution is -2.44. The fourth-order valence-electron chi connectivity index (χ4n) is 7.30. The molecule has 42 heavy (non-hydrogen) atoms. The van der Waals surface area contributed by atoms with Crippen LogP contribution in [-0.2, 0) is 5.60 Å². The molecular formula is C33H39N7O2. The number of aliphatic hydroxyl groups is 1. The number of rotatable bonds is 6. The highest BCUT2D eigenvalue weighted by molar-refractivity contribution is 5.94. The fraction of sp³-hybridized carbons (Fsp3) is 0.424. The summed E-state index contributed by atoms with van der Waals surface area (Å²) in [7, 11) is 4.05. The molecule has 3 aliphatic rings. The molecule has 2 saturated heterocycles. The lowest BCUT2D eigenvalue weighted by molar-refractivity contribution is 0.0365. The number of benzene rings is 2. The second-order valence-electron chi connectivity index (χ2n) is 12.5. The Balaban J connectivity index is 1.02. The zero-order valence-corrected chi connectivity index (χ0v) is 24.4. The highest BCUT2D eigenvalue weighted by Gasteiger charge is 2.49. The number of anilines is 3. The molecule has 0 unspecified atom stereocenters. The fourth-order valence-corrected chi connectivity index (χ4v) is 7.30. The smallest absolute Gasteiger partial charge is 0.253 e. The Bertz CT molecular complexity index is 1550. The van der Waals surface area contributed by atoms with E-state index in [1.54, 1.807) is 0 Å². The van der Waals surface area contributed by atoms with Crippen LogP contribution in [0.4, 0.5) is 17.3 Å². The number of aromatic nitrogens is 3. The Labute approximate surface area is 246 Å². The van der Waals surface area contributed by atoms with Gasteiger partial charge in [0.15, 0.2) is 5.65 Å². The number of nitrogens with one attached hydrogen (secondary N) is 1. The van der Waals surface area contributed by atoms with E-state index >= 15 is 0 Å². The minimum absolute atomic E-state index is 0.0594. The minimum atomic E-state index is -0.733. The Kier molecular flexibility index (Phi) is 6.86. The Morgan fingerprint density at radius 3 is 2.36 bits per heavy atom. The summed E-state index contributed by atoms with van der Waals surface area (Å²) in [5, 5.41) is 19.4. The summed E-state index contributed by atoms with van der Waals surface area (Å²) in [6.07, 6.45) is 5.51. The van der Waals surface area contributed by atoms with Crippen LogP contribution in [0.5, 0.6) is 0 Å². The van der Waals surface area contributed by atoms with Crippen LogP contribution in [0.2, 0.25) is 0 Å². The van der Waals surface area contributed by atoms with Gasteiger partial charge in [0, 0.05) is 43.6 Å². The van der Waals surface area contributed by atoms with Crippen LogP contribution in [0.3, 0.4) is 0 Å². The molecule has 3 fully saturated rings. The molecule has 0 bridgehead atoms. The van der Waals surface area contributed by atoms with Crippen LogP contribution < -0.4 is 10.2 Å². The van der Waals surface area contributed by atoms with Crippen molar-refractivity contribution in [3.05, 3.63) is 84.1 Å². The summed E-state index contributed by atoms with van der Waals surface area (Å²) < 4.78 is 1.82. The average Bonchev–Trinajstić information content (AvgIpc) is 3.69.